The lowest BCUT2D eigenvalue weighted by molar-refractivity contribution is -0.119. The Morgan fingerprint density at radius 3 is 2.42 bits per heavy atom. The maximum Gasteiger partial charge on any atom is 0.261 e. The highest BCUT2D eigenvalue weighted by Gasteiger charge is 2.35. The Morgan fingerprint density at radius 1 is 0.871 bits per heavy atom. The number of aryl methyl sites for hydroxylation is 1. The molecule has 4 aromatic rings. The number of nitrogens with zero attached hydrogens (tertiary/aromatic N) is 3. The van der Waals surface area contributed by atoms with E-state index in [1.807, 2.05) is 66.7 Å². The molecule has 5 rings (SSSR count). The van der Waals surface area contributed by atoms with E-state index < -0.39 is 0 Å². The maximum atomic E-state index is 13.4. The van der Waals surface area contributed by atoms with Crippen LogP contribution in [0, 0.1) is 0 Å². The maximum absolute atomic E-state index is 13.4. The normalized spacial score (nSPS) is 15.5. The van der Waals surface area contributed by atoms with Gasteiger partial charge in [-0.1, -0.05) is 60.7 Å². The third-order valence-electron chi connectivity index (χ3n) is 6.10. The summed E-state index contributed by atoms with van der Waals surface area (Å²) in [4.78, 5) is 32.9. The molecule has 2 heterocycles. The lowest BCUT2D eigenvalue weighted by atomic mass is 9.96. The van der Waals surface area contributed by atoms with Gasteiger partial charge in [0.25, 0.3) is 5.56 Å². The molecule has 5 heteroatoms. The minimum absolute atomic E-state index is 0.0400. The second kappa shape index (κ2) is 7.84. The van der Waals surface area contributed by atoms with E-state index >= 15 is 0 Å². The van der Waals surface area contributed by atoms with Gasteiger partial charge in [-0.2, -0.15) is 0 Å². The van der Waals surface area contributed by atoms with Crippen LogP contribution in [0.5, 0.6) is 0 Å². The first kappa shape index (κ1) is 19.2. The zero-order chi connectivity index (χ0) is 21.4. The first-order valence-corrected chi connectivity index (χ1v) is 10.5. The van der Waals surface area contributed by atoms with Gasteiger partial charge in [0.05, 0.1) is 16.8 Å². The zero-order valence-electron chi connectivity index (χ0n) is 17.4. The van der Waals surface area contributed by atoms with E-state index in [0.29, 0.717) is 29.7 Å². The van der Waals surface area contributed by atoms with Gasteiger partial charge in [-0.25, -0.2) is 4.98 Å². The molecule has 1 amide bonds. The number of amides is 1. The van der Waals surface area contributed by atoms with Crippen molar-refractivity contribution < 1.29 is 4.79 Å². The van der Waals surface area contributed by atoms with Gasteiger partial charge < -0.3 is 4.90 Å². The molecule has 3 aromatic carbocycles. The number of carbonyl (C=O) groups is 1. The van der Waals surface area contributed by atoms with Gasteiger partial charge in [-0.3, -0.25) is 14.2 Å². The molecule has 31 heavy (non-hydrogen) atoms. The summed E-state index contributed by atoms with van der Waals surface area (Å²) in [7, 11) is 1.80. The molecule has 1 aliphatic rings. The molecule has 1 aliphatic heterocycles. The van der Waals surface area contributed by atoms with Gasteiger partial charge in [0.15, 0.2) is 0 Å². The second-order valence-electron chi connectivity index (χ2n) is 7.95. The standard InChI is InChI=1S/C26H23N3O2/c1-28-23-14-8-6-11-19(23)21(25(28)30)17-24-27-22-13-7-5-12-20(22)26(31)29(24)16-15-18-9-3-2-4-10-18/h2-14,21H,15-17H2,1H3/t21-/m1/s1. The molecular weight excluding hydrogens is 386 g/mol. The number of anilines is 1. The number of hydrogen-bond acceptors (Lipinski definition) is 3. The Bertz CT molecular complexity index is 1330. The summed E-state index contributed by atoms with van der Waals surface area (Å²) >= 11 is 0. The van der Waals surface area contributed by atoms with Crippen LogP contribution >= 0.6 is 0 Å². The summed E-state index contributed by atoms with van der Waals surface area (Å²) < 4.78 is 1.75. The molecule has 1 atom stereocenters. The summed E-state index contributed by atoms with van der Waals surface area (Å²) in [6, 6.07) is 25.4. The highest BCUT2D eigenvalue weighted by atomic mass is 16.2. The van der Waals surface area contributed by atoms with E-state index in [4.69, 9.17) is 4.98 Å². The highest BCUT2D eigenvalue weighted by Crippen LogP contribution is 2.37. The van der Waals surface area contributed by atoms with Crippen molar-refractivity contribution in [3.63, 3.8) is 0 Å². The van der Waals surface area contributed by atoms with Crippen LogP contribution in [-0.4, -0.2) is 22.5 Å². The Balaban J connectivity index is 1.57. The Morgan fingerprint density at radius 2 is 1.58 bits per heavy atom. The first-order chi connectivity index (χ1) is 15.1. The molecule has 0 N–H and O–H groups in total. The number of rotatable bonds is 5. The van der Waals surface area contributed by atoms with Crippen LogP contribution < -0.4 is 10.5 Å². The average Bonchev–Trinajstić information content (AvgIpc) is 3.04. The average molecular weight is 409 g/mol. The number of benzene rings is 3. The predicted octanol–water partition coefficient (Wildman–Crippen LogP) is 3.94. The molecule has 5 nitrogen and oxygen atoms in total. The van der Waals surface area contributed by atoms with Gasteiger partial charge in [-0.15, -0.1) is 0 Å². The third-order valence-corrected chi connectivity index (χ3v) is 6.10. The fraction of sp³-hybridized carbons (Fsp3) is 0.192. The van der Waals surface area contributed by atoms with Crippen molar-refractivity contribution in [2.24, 2.45) is 0 Å². The molecule has 0 fully saturated rings. The van der Waals surface area contributed by atoms with Crippen molar-refractivity contribution in [2.75, 3.05) is 11.9 Å². The first-order valence-electron chi connectivity index (χ1n) is 10.5. The number of likely N-dealkylation sites (N-methyl/N-ethyl adjacent to an activating group) is 1. The number of hydrogen-bond donors (Lipinski definition) is 0. The van der Waals surface area contributed by atoms with E-state index in [2.05, 4.69) is 12.1 Å². The van der Waals surface area contributed by atoms with Gasteiger partial charge in [0.1, 0.15) is 5.82 Å². The number of para-hydroxylation sites is 2. The minimum atomic E-state index is -0.336. The third kappa shape index (κ3) is 3.42. The van der Waals surface area contributed by atoms with Crippen molar-refractivity contribution in [1.29, 1.82) is 0 Å². The van der Waals surface area contributed by atoms with Gasteiger partial charge in [-0.05, 0) is 35.7 Å². The molecule has 0 radical (unpaired) electrons. The summed E-state index contributed by atoms with van der Waals surface area (Å²) in [5, 5.41) is 0.606. The quantitative estimate of drug-likeness (QED) is 0.502. The predicted molar refractivity (Wildman–Crippen MR) is 122 cm³/mol. The number of aromatic nitrogens is 2. The van der Waals surface area contributed by atoms with Crippen molar-refractivity contribution in [3.05, 3.63) is 106 Å². The van der Waals surface area contributed by atoms with E-state index in [-0.39, 0.29) is 17.4 Å². The monoisotopic (exact) mass is 409 g/mol. The van der Waals surface area contributed by atoms with Crippen molar-refractivity contribution in [2.45, 2.75) is 25.3 Å². The van der Waals surface area contributed by atoms with Crippen LogP contribution in [-0.2, 0) is 24.2 Å². The zero-order valence-corrected chi connectivity index (χ0v) is 17.4. The van der Waals surface area contributed by atoms with E-state index in [9.17, 15) is 9.59 Å². The van der Waals surface area contributed by atoms with Crippen LogP contribution in [0.3, 0.4) is 0 Å². The molecular formula is C26H23N3O2. The molecule has 0 saturated heterocycles. The number of fused-ring (bicyclic) bond motifs is 2. The van der Waals surface area contributed by atoms with E-state index in [1.54, 1.807) is 16.5 Å². The number of carbonyl (C=O) groups excluding carboxylic acids is 1. The minimum Gasteiger partial charge on any atom is -0.315 e. The van der Waals surface area contributed by atoms with Crippen LogP contribution in [0.15, 0.2) is 83.7 Å². The highest BCUT2D eigenvalue weighted by molar-refractivity contribution is 6.04. The van der Waals surface area contributed by atoms with E-state index in [1.165, 1.54) is 0 Å². The SMILES string of the molecule is CN1C(=O)[C@H](Cc2nc3ccccc3c(=O)n2CCc2ccccc2)c2ccccc21. The van der Waals surface area contributed by atoms with Crippen molar-refractivity contribution >= 4 is 22.5 Å². The van der Waals surface area contributed by atoms with Crippen molar-refractivity contribution in [1.82, 2.24) is 9.55 Å². The largest absolute Gasteiger partial charge is 0.315 e. The summed E-state index contributed by atoms with van der Waals surface area (Å²) in [6.45, 7) is 0.522. The lowest BCUT2D eigenvalue weighted by Crippen LogP contribution is -2.30. The van der Waals surface area contributed by atoms with Crippen LogP contribution in [0.25, 0.3) is 10.9 Å². The molecule has 0 bridgehead atoms. The molecule has 0 unspecified atom stereocenters. The smallest absolute Gasteiger partial charge is 0.261 e. The lowest BCUT2D eigenvalue weighted by Gasteiger charge is -2.16. The summed E-state index contributed by atoms with van der Waals surface area (Å²) in [6.07, 6.45) is 1.12. The molecule has 0 saturated carbocycles. The Hall–Kier alpha value is -3.73. The van der Waals surface area contributed by atoms with Gasteiger partial charge in [0, 0.05) is 25.7 Å². The molecule has 154 valence electrons. The fourth-order valence-corrected chi connectivity index (χ4v) is 4.44. The van der Waals surface area contributed by atoms with Crippen LogP contribution in [0.4, 0.5) is 5.69 Å². The van der Waals surface area contributed by atoms with Gasteiger partial charge >= 0.3 is 0 Å². The fourth-order valence-electron chi connectivity index (χ4n) is 4.44. The van der Waals surface area contributed by atoms with Gasteiger partial charge in [0.2, 0.25) is 5.91 Å². The van der Waals surface area contributed by atoms with Crippen LogP contribution in [0.2, 0.25) is 0 Å². The Labute approximate surface area is 180 Å². The van der Waals surface area contributed by atoms with Crippen molar-refractivity contribution in [3.8, 4) is 0 Å². The van der Waals surface area contributed by atoms with E-state index in [0.717, 1.165) is 23.2 Å². The summed E-state index contributed by atoms with van der Waals surface area (Å²) in [5.74, 6) is 0.360. The second-order valence-corrected chi connectivity index (χ2v) is 7.95. The molecule has 0 aliphatic carbocycles. The van der Waals surface area contributed by atoms with Crippen LogP contribution in [0.1, 0.15) is 22.9 Å². The topological polar surface area (TPSA) is 55.2 Å². The Kier molecular flexibility index (Phi) is 4.86. The molecule has 0 spiro atoms. The molecule has 1 aromatic heterocycles. The summed E-state index contributed by atoms with van der Waals surface area (Å²) in [5.41, 5.74) is 3.70.